The fraction of sp³-hybridized carbons (Fsp3) is 0.300. The molecule has 0 unspecified atom stereocenters. The summed E-state index contributed by atoms with van der Waals surface area (Å²) >= 11 is 5.69. The van der Waals surface area contributed by atoms with Crippen LogP contribution in [0.25, 0.3) is 0 Å². The predicted molar refractivity (Wildman–Crippen MR) is 101 cm³/mol. The van der Waals surface area contributed by atoms with E-state index in [4.69, 9.17) is 16.3 Å². The highest BCUT2D eigenvalue weighted by Crippen LogP contribution is 2.28. The van der Waals surface area contributed by atoms with Crippen molar-refractivity contribution in [3.63, 3.8) is 0 Å². The van der Waals surface area contributed by atoms with E-state index in [0.29, 0.717) is 13.1 Å². The van der Waals surface area contributed by atoms with Crippen LogP contribution in [0, 0.1) is 5.82 Å². The van der Waals surface area contributed by atoms with E-state index in [0.717, 1.165) is 11.6 Å². The first-order valence-electron chi connectivity index (χ1n) is 8.56. The molecule has 7 heteroatoms. The number of benzene rings is 2. The Labute approximate surface area is 162 Å². The zero-order chi connectivity index (χ0) is 19.4. The number of hydrogen-bond donors (Lipinski definition) is 1. The maximum atomic E-state index is 13.9. The second kappa shape index (κ2) is 8.39. The molecule has 1 aliphatic rings. The average Bonchev–Trinajstić information content (AvgIpc) is 3.11. The third kappa shape index (κ3) is 4.22. The Hall–Kier alpha value is -2.60. The van der Waals surface area contributed by atoms with Crippen LogP contribution in [0.2, 0.25) is 0 Å². The molecule has 3 rings (SSSR count). The Morgan fingerprint density at radius 2 is 1.96 bits per heavy atom. The van der Waals surface area contributed by atoms with Gasteiger partial charge in [-0.3, -0.25) is 9.59 Å². The van der Waals surface area contributed by atoms with E-state index in [2.05, 4.69) is 5.32 Å². The predicted octanol–water partition coefficient (Wildman–Crippen LogP) is 2.80. The van der Waals surface area contributed by atoms with Crippen LogP contribution in [0.5, 0.6) is 5.75 Å². The summed E-state index contributed by atoms with van der Waals surface area (Å²) in [5.74, 6) is -1.27. The highest BCUT2D eigenvalue weighted by atomic mass is 35.5. The minimum absolute atomic E-state index is 0.0644. The third-order valence-electron chi connectivity index (χ3n) is 4.75. The molecule has 0 radical (unpaired) electrons. The van der Waals surface area contributed by atoms with Gasteiger partial charge in [0.15, 0.2) is 11.6 Å². The van der Waals surface area contributed by atoms with Gasteiger partial charge in [-0.15, -0.1) is 11.6 Å². The van der Waals surface area contributed by atoms with Crippen molar-refractivity contribution in [1.82, 2.24) is 10.2 Å². The molecule has 1 aliphatic heterocycles. The summed E-state index contributed by atoms with van der Waals surface area (Å²) in [6.45, 7) is 0.826. The summed E-state index contributed by atoms with van der Waals surface area (Å²) < 4.78 is 18.8. The quantitative estimate of drug-likeness (QED) is 0.799. The van der Waals surface area contributed by atoms with Crippen LogP contribution in [0.1, 0.15) is 21.8 Å². The molecule has 0 aliphatic carbocycles. The summed E-state index contributed by atoms with van der Waals surface area (Å²) in [6, 6.07) is 13.4. The standard InChI is InChI=1S/C20H20ClFN2O3/c1-27-18-8-7-14(9-16(18)22)20(26)23-17-12-24(19(25)10-21)11-15(17)13-5-3-2-4-6-13/h2-9,15,17H,10-12H2,1H3,(H,23,26)/t15-,17+/m0/s1. The molecule has 1 fully saturated rings. The molecule has 142 valence electrons. The molecule has 2 aromatic rings. The van der Waals surface area contributed by atoms with Crippen LogP contribution in [-0.4, -0.2) is 48.8 Å². The number of ether oxygens (including phenoxy) is 1. The summed E-state index contributed by atoms with van der Waals surface area (Å²) in [7, 11) is 1.36. The number of alkyl halides is 1. The Morgan fingerprint density at radius 3 is 2.59 bits per heavy atom. The SMILES string of the molecule is COc1ccc(C(=O)N[C@@H]2CN(C(=O)CCl)C[C@H]2c2ccccc2)cc1F. The van der Waals surface area contributed by atoms with Gasteiger partial charge in [0.1, 0.15) is 5.88 Å². The summed E-state index contributed by atoms with van der Waals surface area (Å²) in [5, 5.41) is 2.93. The normalized spacial score (nSPS) is 19.0. The molecule has 1 N–H and O–H groups in total. The number of nitrogens with one attached hydrogen (secondary N) is 1. The van der Waals surface area contributed by atoms with Crippen molar-refractivity contribution < 1.29 is 18.7 Å². The van der Waals surface area contributed by atoms with E-state index in [1.165, 1.54) is 19.2 Å². The Morgan fingerprint density at radius 1 is 1.22 bits per heavy atom. The molecule has 2 aromatic carbocycles. The molecule has 1 saturated heterocycles. The third-order valence-corrected chi connectivity index (χ3v) is 4.97. The van der Waals surface area contributed by atoms with Crippen molar-refractivity contribution in [3.05, 3.63) is 65.5 Å². The summed E-state index contributed by atoms with van der Waals surface area (Å²) in [4.78, 5) is 26.3. The van der Waals surface area contributed by atoms with Gasteiger partial charge < -0.3 is 15.0 Å². The molecule has 0 saturated carbocycles. The number of rotatable bonds is 5. The number of amides is 2. The fourth-order valence-corrected chi connectivity index (χ4v) is 3.50. The molecule has 2 atom stereocenters. The number of carbonyl (C=O) groups excluding carboxylic acids is 2. The van der Waals surface area contributed by atoms with Crippen LogP contribution in [-0.2, 0) is 4.79 Å². The molecule has 27 heavy (non-hydrogen) atoms. The van der Waals surface area contributed by atoms with Crippen LogP contribution >= 0.6 is 11.6 Å². The van der Waals surface area contributed by atoms with Crippen LogP contribution < -0.4 is 10.1 Å². The van der Waals surface area contributed by atoms with Crippen molar-refractivity contribution in [3.8, 4) is 5.75 Å². The van der Waals surface area contributed by atoms with Crippen molar-refractivity contribution >= 4 is 23.4 Å². The Bertz CT molecular complexity index is 831. The van der Waals surface area contributed by atoms with Gasteiger partial charge in [-0.05, 0) is 23.8 Å². The van der Waals surface area contributed by atoms with Crippen LogP contribution in [0.3, 0.4) is 0 Å². The number of nitrogens with zero attached hydrogens (tertiary/aromatic N) is 1. The fourth-order valence-electron chi connectivity index (χ4n) is 3.34. The number of likely N-dealkylation sites (tertiary alicyclic amines) is 1. The van der Waals surface area contributed by atoms with Gasteiger partial charge in [0, 0.05) is 24.6 Å². The number of carbonyl (C=O) groups is 2. The molecule has 0 bridgehead atoms. The van der Waals surface area contributed by atoms with Gasteiger partial charge in [-0.2, -0.15) is 0 Å². The largest absolute Gasteiger partial charge is 0.494 e. The minimum atomic E-state index is -0.602. The molecule has 0 spiro atoms. The van der Waals surface area contributed by atoms with Gasteiger partial charge in [-0.25, -0.2) is 4.39 Å². The average molecular weight is 391 g/mol. The minimum Gasteiger partial charge on any atom is -0.494 e. The lowest BCUT2D eigenvalue weighted by molar-refractivity contribution is -0.127. The first kappa shape index (κ1) is 19.2. The van der Waals surface area contributed by atoms with Crippen LogP contribution in [0.15, 0.2) is 48.5 Å². The Kier molecular flexibility index (Phi) is 5.96. The van der Waals surface area contributed by atoms with E-state index in [9.17, 15) is 14.0 Å². The molecule has 2 amide bonds. The number of methoxy groups -OCH3 is 1. The molecular formula is C20H20ClFN2O3. The van der Waals surface area contributed by atoms with Crippen molar-refractivity contribution in [2.45, 2.75) is 12.0 Å². The smallest absolute Gasteiger partial charge is 0.251 e. The second-order valence-corrected chi connectivity index (χ2v) is 6.65. The van der Waals surface area contributed by atoms with Crippen molar-refractivity contribution in [2.24, 2.45) is 0 Å². The zero-order valence-corrected chi connectivity index (χ0v) is 15.6. The zero-order valence-electron chi connectivity index (χ0n) is 14.8. The highest BCUT2D eigenvalue weighted by molar-refractivity contribution is 6.27. The van der Waals surface area contributed by atoms with Gasteiger partial charge in [0.05, 0.1) is 13.2 Å². The highest BCUT2D eigenvalue weighted by Gasteiger charge is 2.36. The van der Waals surface area contributed by atoms with Gasteiger partial charge in [-0.1, -0.05) is 30.3 Å². The second-order valence-electron chi connectivity index (χ2n) is 6.38. The Balaban J connectivity index is 1.80. The van der Waals surface area contributed by atoms with E-state index >= 15 is 0 Å². The monoisotopic (exact) mass is 390 g/mol. The number of halogens is 2. The maximum Gasteiger partial charge on any atom is 0.251 e. The molecule has 5 nitrogen and oxygen atoms in total. The van der Waals surface area contributed by atoms with Crippen molar-refractivity contribution in [2.75, 3.05) is 26.1 Å². The van der Waals surface area contributed by atoms with E-state index in [1.807, 2.05) is 30.3 Å². The number of hydrogen-bond acceptors (Lipinski definition) is 3. The lowest BCUT2D eigenvalue weighted by Crippen LogP contribution is -2.40. The molecular weight excluding hydrogens is 371 g/mol. The topological polar surface area (TPSA) is 58.6 Å². The summed E-state index contributed by atoms with van der Waals surface area (Å²) in [6.07, 6.45) is 0. The first-order valence-corrected chi connectivity index (χ1v) is 9.10. The van der Waals surface area contributed by atoms with E-state index in [1.54, 1.807) is 4.90 Å². The van der Waals surface area contributed by atoms with Crippen LogP contribution in [0.4, 0.5) is 4.39 Å². The van der Waals surface area contributed by atoms with Gasteiger partial charge in [0.25, 0.3) is 5.91 Å². The maximum absolute atomic E-state index is 13.9. The van der Waals surface area contributed by atoms with Gasteiger partial charge >= 0.3 is 0 Å². The van der Waals surface area contributed by atoms with Crippen molar-refractivity contribution in [1.29, 1.82) is 0 Å². The van der Waals surface area contributed by atoms with E-state index in [-0.39, 0.29) is 35.1 Å². The summed E-state index contributed by atoms with van der Waals surface area (Å²) in [5.41, 5.74) is 1.22. The van der Waals surface area contributed by atoms with Gasteiger partial charge in [0.2, 0.25) is 5.91 Å². The lowest BCUT2D eigenvalue weighted by atomic mass is 9.94. The lowest BCUT2D eigenvalue weighted by Gasteiger charge is -2.20. The first-order chi connectivity index (χ1) is 13.0. The van der Waals surface area contributed by atoms with E-state index < -0.39 is 11.7 Å². The molecule has 0 aromatic heterocycles. The molecule has 1 heterocycles.